The highest BCUT2D eigenvalue weighted by molar-refractivity contribution is 6.36. The Balaban J connectivity index is 2.46. The maximum Gasteiger partial charge on any atom is 0.114 e. The summed E-state index contributed by atoms with van der Waals surface area (Å²) < 4.78 is 1.78. The topological polar surface area (TPSA) is 38.0 Å². The Bertz CT molecular complexity index is 549. The van der Waals surface area contributed by atoms with Crippen LogP contribution in [0.15, 0.2) is 49.6 Å². The van der Waals surface area contributed by atoms with Crippen LogP contribution in [-0.4, -0.2) is 14.7 Å². The number of halogens is 2. The molecular weight excluding hydrogens is 283 g/mol. The van der Waals surface area contributed by atoms with Crippen molar-refractivity contribution in [2.75, 3.05) is 0 Å². The number of aliphatic hydroxyl groups is 1. The van der Waals surface area contributed by atoms with Gasteiger partial charge in [0.15, 0.2) is 0 Å². The first kappa shape index (κ1) is 14.1. The zero-order chi connectivity index (χ0) is 13.9. The van der Waals surface area contributed by atoms with E-state index in [1.54, 1.807) is 47.6 Å². The highest BCUT2D eigenvalue weighted by Crippen LogP contribution is 2.37. The lowest BCUT2D eigenvalue weighted by Crippen LogP contribution is -2.31. The van der Waals surface area contributed by atoms with E-state index in [1.165, 1.54) is 0 Å². The van der Waals surface area contributed by atoms with Gasteiger partial charge in [0.1, 0.15) is 5.60 Å². The minimum atomic E-state index is -1.21. The second-order valence-electron chi connectivity index (χ2n) is 4.36. The van der Waals surface area contributed by atoms with Crippen molar-refractivity contribution in [3.63, 3.8) is 0 Å². The lowest BCUT2D eigenvalue weighted by molar-refractivity contribution is 0.0215. The number of hydrogen-bond acceptors (Lipinski definition) is 2. The molecule has 1 aromatic carbocycles. The van der Waals surface area contributed by atoms with Gasteiger partial charge in [-0.05, 0) is 18.6 Å². The average molecular weight is 297 g/mol. The molecule has 0 saturated carbocycles. The molecule has 0 saturated heterocycles. The molecule has 0 aliphatic rings. The third-order valence-electron chi connectivity index (χ3n) is 2.91. The Kier molecular flexibility index (Phi) is 4.30. The predicted octanol–water partition coefficient (Wildman–Crippen LogP) is 3.65. The Morgan fingerprint density at radius 2 is 2.05 bits per heavy atom. The van der Waals surface area contributed by atoms with E-state index >= 15 is 0 Å². The summed E-state index contributed by atoms with van der Waals surface area (Å²) >= 11 is 12.4. The fourth-order valence-electron chi connectivity index (χ4n) is 2.11. The summed E-state index contributed by atoms with van der Waals surface area (Å²) in [6, 6.07) is 5.18. The van der Waals surface area contributed by atoms with Crippen LogP contribution >= 0.6 is 23.2 Å². The number of nitrogens with zero attached hydrogens (tertiary/aromatic N) is 2. The lowest BCUT2D eigenvalue weighted by atomic mass is 9.90. The van der Waals surface area contributed by atoms with Crippen molar-refractivity contribution in [1.29, 1.82) is 0 Å². The number of benzene rings is 1. The summed E-state index contributed by atoms with van der Waals surface area (Å²) in [6.45, 7) is 4.00. The van der Waals surface area contributed by atoms with E-state index in [4.69, 9.17) is 23.2 Å². The van der Waals surface area contributed by atoms with Crippen LogP contribution in [0.2, 0.25) is 10.0 Å². The van der Waals surface area contributed by atoms with Crippen LogP contribution in [0, 0.1) is 0 Å². The van der Waals surface area contributed by atoms with Gasteiger partial charge in [0.25, 0.3) is 0 Å². The van der Waals surface area contributed by atoms with Crippen molar-refractivity contribution in [2.24, 2.45) is 0 Å². The van der Waals surface area contributed by atoms with Gasteiger partial charge in [-0.2, -0.15) is 0 Å². The van der Waals surface area contributed by atoms with E-state index in [0.717, 1.165) is 0 Å². The molecule has 1 heterocycles. The molecule has 1 N–H and O–H groups in total. The molecule has 0 radical (unpaired) electrons. The molecule has 5 heteroatoms. The van der Waals surface area contributed by atoms with Crippen LogP contribution in [-0.2, 0) is 12.1 Å². The fraction of sp³-hybridized carbons (Fsp3) is 0.214. The normalized spacial score (nSPS) is 14.1. The van der Waals surface area contributed by atoms with Gasteiger partial charge in [0.2, 0.25) is 0 Å². The van der Waals surface area contributed by atoms with Gasteiger partial charge in [0.05, 0.1) is 12.9 Å². The molecule has 2 rings (SSSR count). The van der Waals surface area contributed by atoms with Gasteiger partial charge in [-0.3, -0.25) is 0 Å². The largest absolute Gasteiger partial charge is 0.383 e. The van der Waals surface area contributed by atoms with Gasteiger partial charge < -0.3 is 9.67 Å². The van der Waals surface area contributed by atoms with Gasteiger partial charge in [-0.25, -0.2) is 4.98 Å². The monoisotopic (exact) mass is 296 g/mol. The summed E-state index contributed by atoms with van der Waals surface area (Å²) in [5.41, 5.74) is -0.690. The molecule has 0 bridgehead atoms. The van der Waals surface area contributed by atoms with Crippen molar-refractivity contribution < 1.29 is 5.11 Å². The van der Waals surface area contributed by atoms with Crippen LogP contribution in [0.1, 0.15) is 12.0 Å². The summed E-state index contributed by atoms with van der Waals surface area (Å²) in [7, 11) is 0. The van der Waals surface area contributed by atoms with E-state index in [0.29, 0.717) is 28.6 Å². The predicted molar refractivity (Wildman–Crippen MR) is 77.4 cm³/mol. The van der Waals surface area contributed by atoms with Gasteiger partial charge in [0, 0.05) is 28.0 Å². The van der Waals surface area contributed by atoms with E-state index in [2.05, 4.69) is 11.6 Å². The minimum Gasteiger partial charge on any atom is -0.383 e. The molecular formula is C14H14Cl2N2O. The Morgan fingerprint density at radius 1 is 1.37 bits per heavy atom. The van der Waals surface area contributed by atoms with Gasteiger partial charge in [-0.15, -0.1) is 6.58 Å². The first-order valence-corrected chi connectivity index (χ1v) is 6.56. The molecule has 0 amide bonds. The van der Waals surface area contributed by atoms with E-state index in [-0.39, 0.29) is 0 Å². The summed E-state index contributed by atoms with van der Waals surface area (Å²) in [4.78, 5) is 3.97. The average Bonchev–Trinajstić information content (AvgIpc) is 2.81. The van der Waals surface area contributed by atoms with Gasteiger partial charge in [-0.1, -0.05) is 35.3 Å². The minimum absolute atomic E-state index is 0.308. The number of rotatable bonds is 5. The van der Waals surface area contributed by atoms with Gasteiger partial charge >= 0.3 is 0 Å². The Labute approximate surface area is 122 Å². The van der Waals surface area contributed by atoms with E-state index in [9.17, 15) is 5.11 Å². The standard InChI is InChI=1S/C14H14Cl2N2O/c1-2-6-14(19,9-18-8-7-17-10-18)13-11(15)4-3-5-12(13)16/h2-5,7-8,10,19H,1,6,9H2. The maximum atomic E-state index is 10.9. The number of hydrogen-bond donors (Lipinski definition) is 1. The molecule has 0 fully saturated rings. The molecule has 100 valence electrons. The molecule has 3 nitrogen and oxygen atoms in total. The quantitative estimate of drug-likeness (QED) is 0.855. The molecule has 1 atom stereocenters. The van der Waals surface area contributed by atoms with Crippen LogP contribution in [0.3, 0.4) is 0 Å². The van der Waals surface area contributed by atoms with Crippen LogP contribution in [0.5, 0.6) is 0 Å². The Hall–Kier alpha value is -1.29. The highest BCUT2D eigenvalue weighted by Gasteiger charge is 2.32. The lowest BCUT2D eigenvalue weighted by Gasteiger charge is -2.29. The first-order chi connectivity index (χ1) is 9.07. The summed E-state index contributed by atoms with van der Waals surface area (Å²) in [5.74, 6) is 0. The zero-order valence-electron chi connectivity index (χ0n) is 10.3. The van der Waals surface area contributed by atoms with E-state index < -0.39 is 5.60 Å². The third-order valence-corrected chi connectivity index (χ3v) is 3.54. The molecule has 0 spiro atoms. The van der Waals surface area contributed by atoms with Crippen LogP contribution < -0.4 is 0 Å². The molecule has 0 aliphatic heterocycles. The number of imidazole rings is 1. The third kappa shape index (κ3) is 3.00. The maximum absolute atomic E-state index is 10.9. The van der Waals surface area contributed by atoms with Crippen molar-refractivity contribution >= 4 is 23.2 Å². The fourth-order valence-corrected chi connectivity index (χ4v) is 2.86. The second kappa shape index (κ2) is 5.78. The zero-order valence-corrected chi connectivity index (χ0v) is 11.8. The SMILES string of the molecule is C=CCC(O)(Cn1ccnc1)c1c(Cl)cccc1Cl. The van der Waals surface area contributed by atoms with E-state index in [1.807, 2.05) is 0 Å². The second-order valence-corrected chi connectivity index (χ2v) is 5.17. The molecule has 1 aromatic heterocycles. The van der Waals surface area contributed by atoms with Crippen molar-refractivity contribution in [1.82, 2.24) is 9.55 Å². The number of aromatic nitrogens is 2. The van der Waals surface area contributed by atoms with Crippen molar-refractivity contribution in [3.8, 4) is 0 Å². The molecule has 19 heavy (non-hydrogen) atoms. The van der Waals surface area contributed by atoms with Crippen molar-refractivity contribution in [2.45, 2.75) is 18.6 Å². The summed E-state index contributed by atoms with van der Waals surface area (Å²) in [5, 5.41) is 11.8. The Morgan fingerprint density at radius 3 is 2.58 bits per heavy atom. The highest BCUT2D eigenvalue weighted by atomic mass is 35.5. The molecule has 0 aliphatic carbocycles. The van der Waals surface area contributed by atoms with Crippen LogP contribution in [0.4, 0.5) is 0 Å². The smallest absolute Gasteiger partial charge is 0.114 e. The molecule has 1 unspecified atom stereocenters. The van der Waals surface area contributed by atoms with Crippen molar-refractivity contribution in [3.05, 3.63) is 65.2 Å². The molecule has 2 aromatic rings. The van der Waals surface area contributed by atoms with Crippen LogP contribution in [0.25, 0.3) is 0 Å². The summed E-state index contributed by atoms with van der Waals surface area (Å²) in [6.07, 6.45) is 7.06. The first-order valence-electron chi connectivity index (χ1n) is 5.80.